The largest absolute Gasteiger partial charge is 0.0622 e. The van der Waals surface area contributed by atoms with Crippen LogP contribution in [0.4, 0.5) is 0 Å². The van der Waals surface area contributed by atoms with Gasteiger partial charge in [-0.3, -0.25) is 0 Å². The van der Waals surface area contributed by atoms with Crippen LogP contribution in [-0.4, -0.2) is 0 Å². The summed E-state index contributed by atoms with van der Waals surface area (Å²) in [6.45, 7) is 0. The van der Waals surface area contributed by atoms with Crippen LogP contribution in [0.15, 0.2) is 96.2 Å². The molecule has 0 heterocycles. The molecule has 0 aromatic heterocycles. The van der Waals surface area contributed by atoms with Crippen molar-refractivity contribution in [1.29, 1.82) is 0 Å². The average molecular weight is 206 g/mol. The summed E-state index contributed by atoms with van der Waals surface area (Å²) in [6.07, 6.45) is 28.9. The molecular weight excluding hydrogens is 192 g/mol. The molecule has 0 aliphatic heterocycles. The average Bonchev–Trinajstić information content (AvgIpc) is 2.68. The molecule has 0 heteroatoms. The fourth-order valence-electron chi connectivity index (χ4n) is 1.46. The molecule has 0 N–H and O–H groups in total. The predicted molar refractivity (Wildman–Crippen MR) is 71.0 cm³/mol. The van der Waals surface area contributed by atoms with Gasteiger partial charge >= 0.3 is 0 Å². The van der Waals surface area contributed by atoms with Crippen molar-refractivity contribution in [3.05, 3.63) is 96.2 Å². The van der Waals surface area contributed by atoms with Gasteiger partial charge in [0.05, 0.1) is 0 Å². The lowest BCUT2D eigenvalue weighted by Gasteiger charge is -1.88. The van der Waals surface area contributed by atoms with Crippen LogP contribution in [0.2, 0.25) is 0 Å². The Balaban J connectivity index is 1.98. The molecular formula is C16H14. The van der Waals surface area contributed by atoms with Crippen LogP contribution < -0.4 is 0 Å². The summed E-state index contributed by atoms with van der Waals surface area (Å²) < 4.78 is 0. The number of hydrogen-bond donors (Lipinski definition) is 0. The van der Waals surface area contributed by atoms with Gasteiger partial charge in [-0.15, -0.1) is 0 Å². The van der Waals surface area contributed by atoms with Crippen molar-refractivity contribution in [2.45, 2.75) is 0 Å². The highest BCUT2D eigenvalue weighted by Gasteiger charge is 1.87. The summed E-state index contributed by atoms with van der Waals surface area (Å²) in [7, 11) is 0. The maximum absolute atomic E-state index is 2.10. The highest BCUT2D eigenvalue weighted by molar-refractivity contribution is 5.43. The third kappa shape index (κ3) is 3.25. The number of allylic oxidation sites excluding steroid dienone is 16. The van der Waals surface area contributed by atoms with E-state index >= 15 is 0 Å². The molecule has 0 nitrogen and oxygen atoms in total. The van der Waals surface area contributed by atoms with E-state index in [2.05, 4.69) is 48.6 Å². The topological polar surface area (TPSA) is 0 Å². The van der Waals surface area contributed by atoms with Crippen molar-refractivity contribution >= 4 is 0 Å². The van der Waals surface area contributed by atoms with E-state index in [1.54, 1.807) is 0 Å². The molecule has 0 unspecified atom stereocenters. The zero-order chi connectivity index (χ0) is 11.1. The Bertz CT molecular complexity index is 440. The fourth-order valence-corrected chi connectivity index (χ4v) is 1.46. The molecule has 78 valence electrons. The van der Waals surface area contributed by atoms with E-state index in [0.29, 0.717) is 0 Å². The quantitative estimate of drug-likeness (QED) is 0.635. The molecule has 0 spiro atoms. The highest BCUT2D eigenvalue weighted by atomic mass is 13.9. The minimum atomic E-state index is 1.21. The molecule has 0 radical (unpaired) electrons. The molecule has 0 bridgehead atoms. The molecule has 0 atom stereocenters. The van der Waals surface area contributed by atoms with Crippen molar-refractivity contribution in [2.24, 2.45) is 0 Å². The highest BCUT2D eigenvalue weighted by Crippen LogP contribution is 2.07. The molecule has 0 aromatic rings. The Morgan fingerprint density at radius 1 is 0.500 bits per heavy atom. The lowest BCUT2D eigenvalue weighted by atomic mass is 10.2. The first-order valence-electron chi connectivity index (χ1n) is 5.40. The van der Waals surface area contributed by atoms with Gasteiger partial charge < -0.3 is 0 Å². The van der Waals surface area contributed by atoms with Gasteiger partial charge in [-0.05, 0) is 11.1 Å². The Labute approximate surface area is 96.7 Å². The number of hydrogen-bond acceptors (Lipinski definition) is 0. The Hall–Kier alpha value is -2.08. The van der Waals surface area contributed by atoms with Crippen LogP contribution in [0, 0.1) is 0 Å². The lowest BCUT2D eigenvalue weighted by molar-refractivity contribution is 1.68. The number of rotatable bonds is 2. The van der Waals surface area contributed by atoms with E-state index in [1.165, 1.54) is 11.1 Å². The fraction of sp³-hybridized carbons (Fsp3) is 0. The minimum absolute atomic E-state index is 1.21. The summed E-state index contributed by atoms with van der Waals surface area (Å²) in [4.78, 5) is 0. The van der Waals surface area contributed by atoms with E-state index < -0.39 is 0 Å². The first kappa shape index (κ1) is 10.4. The molecule has 2 rings (SSSR count). The zero-order valence-electron chi connectivity index (χ0n) is 9.08. The van der Waals surface area contributed by atoms with Gasteiger partial charge in [-0.2, -0.15) is 0 Å². The van der Waals surface area contributed by atoms with Gasteiger partial charge in [0.15, 0.2) is 0 Å². The second-order valence-electron chi connectivity index (χ2n) is 3.54. The van der Waals surface area contributed by atoms with E-state index in [4.69, 9.17) is 0 Å². The van der Waals surface area contributed by atoms with Crippen molar-refractivity contribution in [1.82, 2.24) is 0 Å². The summed E-state index contributed by atoms with van der Waals surface area (Å²) in [5.74, 6) is 0. The van der Waals surface area contributed by atoms with Gasteiger partial charge in [-0.25, -0.2) is 0 Å². The van der Waals surface area contributed by atoms with Crippen LogP contribution in [0.5, 0.6) is 0 Å². The summed E-state index contributed by atoms with van der Waals surface area (Å²) in [5.41, 5.74) is 2.44. The molecule has 0 fully saturated rings. The monoisotopic (exact) mass is 206 g/mol. The van der Waals surface area contributed by atoms with Crippen LogP contribution >= 0.6 is 0 Å². The van der Waals surface area contributed by atoms with E-state index in [-0.39, 0.29) is 0 Å². The van der Waals surface area contributed by atoms with Gasteiger partial charge in [0.1, 0.15) is 0 Å². The SMILES string of the molecule is C1=CC=CC(=CC=CC=C2C=CC=C2)C=C1. The third-order valence-electron chi connectivity index (χ3n) is 2.29. The normalized spacial score (nSPS) is 17.5. The lowest BCUT2D eigenvalue weighted by Crippen LogP contribution is -1.68. The van der Waals surface area contributed by atoms with Crippen molar-refractivity contribution in [3.63, 3.8) is 0 Å². The van der Waals surface area contributed by atoms with E-state index in [0.717, 1.165) is 0 Å². The van der Waals surface area contributed by atoms with Crippen molar-refractivity contribution in [3.8, 4) is 0 Å². The molecule has 16 heavy (non-hydrogen) atoms. The van der Waals surface area contributed by atoms with Crippen LogP contribution in [0.25, 0.3) is 0 Å². The molecule has 0 amide bonds. The van der Waals surface area contributed by atoms with Crippen molar-refractivity contribution < 1.29 is 0 Å². The van der Waals surface area contributed by atoms with Gasteiger partial charge in [-0.1, -0.05) is 85.1 Å². The van der Waals surface area contributed by atoms with Crippen LogP contribution in [0.3, 0.4) is 0 Å². The third-order valence-corrected chi connectivity index (χ3v) is 2.29. The summed E-state index contributed by atoms with van der Waals surface area (Å²) in [6, 6.07) is 0. The standard InChI is InChI=1S/C16H14/c1-2-4-10-15(9-3-1)11-5-6-12-16-13-7-8-14-16/h1-14H. The molecule has 2 aliphatic rings. The second kappa shape index (κ2) is 5.72. The van der Waals surface area contributed by atoms with Gasteiger partial charge in [0, 0.05) is 0 Å². The maximum Gasteiger partial charge on any atom is -0.0257 e. The van der Waals surface area contributed by atoms with E-state index in [9.17, 15) is 0 Å². The molecule has 0 saturated heterocycles. The first-order chi connectivity index (χ1) is 7.95. The Kier molecular flexibility index (Phi) is 3.73. The van der Waals surface area contributed by atoms with E-state index in [1.807, 2.05) is 36.5 Å². The Morgan fingerprint density at radius 2 is 0.875 bits per heavy atom. The predicted octanol–water partition coefficient (Wildman–Crippen LogP) is 4.20. The molecule has 0 saturated carbocycles. The van der Waals surface area contributed by atoms with Gasteiger partial charge in [0.25, 0.3) is 0 Å². The summed E-state index contributed by atoms with van der Waals surface area (Å²) in [5, 5.41) is 0. The minimum Gasteiger partial charge on any atom is -0.0622 e. The summed E-state index contributed by atoms with van der Waals surface area (Å²) >= 11 is 0. The van der Waals surface area contributed by atoms with Gasteiger partial charge in [0.2, 0.25) is 0 Å². The zero-order valence-corrected chi connectivity index (χ0v) is 9.08. The Morgan fingerprint density at radius 3 is 1.31 bits per heavy atom. The maximum atomic E-state index is 2.10. The van der Waals surface area contributed by atoms with Crippen molar-refractivity contribution in [2.75, 3.05) is 0 Å². The molecule has 2 aliphatic carbocycles. The molecule has 0 aromatic carbocycles. The smallest absolute Gasteiger partial charge is 0.0257 e. The van der Waals surface area contributed by atoms with Crippen LogP contribution in [0.1, 0.15) is 0 Å². The van der Waals surface area contributed by atoms with Crippen LogP contribution in [-0.2, 0) is 0 Å². The second-order valence-corrected chi connectivity index (χ2v) is 3.54. The first-order valence-corrected chi connectivity index (χ1v) is 5.40.